The van der Waals surface area contributed by atoms with Gasteiger partial charge in [0.2, 0.25) is 0 Å². The summed E-state index contributed by atoms with van der Waals surface area (Å²) >= 11 is 3.45. The van der Waals surface area contributed by atoms with Gasteiger partial charge in [-0.3, -0.25) is 4.79 Å². The Morgan fingerprint density at radius 1 is 1.29 bits per heavy atom. The summed E-state index contributed by atoms with van der Waals surface area (Å²) in [7, 11) is 0. The summed E-state index contributed by atoms with van der Waals surface area (Å²) < 4.78 is 0. The van der Waals surface area contributed by atoms with Crippen LogP contribution in [0.1, 0.15) is 41.8 Å². The largest absolute Gasteiger partial charge is 0.309 e. The molecule has 0 unspecified atom stereocenters. The third-order valence-corrected chi connectivity index (χ3v) is 7.63. The van der Waals surface area contributed by atoms with Crippen molar-refractivity contribution < 1.29 is 0 Å². The molecule has 5 rings (SSSR count). The minimum Gasteiger partial charge on any atom is -0.309 e. The van der Waals surface area contributed by atoms with Crippen LogP contribution in [0.2, 0.25) is 0 Å². The Labute approximate surface area is 170 Å². The standard InChI is InChI=1S/C21H20N4OS2/c1-11-7-8-14-16(9-11)28-21-17(14)20(22-10-23-21)27-12(2)18-24-15-6-4-3-5-13(15)19(26)25-18/h3-6,10-12H,7-9H2,1-2H3,(H,24,25,26)/t11-,12+/m1/s1. The van der Waals surface area contributed by atoms with Crippen molar-refractivity contribution >= 4 is 44.2 Å². The molecule has 0 bridgehead atoms. The highest BCUT2D eigenvalue weighted by Gasteiger charge is 2.24. The van der Waals surface area contributed by atoms with Crippen LogP contribution in [0.4, 0.5) is 0 Å². The van der Waals surface area contributed by atoms with E-state index in [0.717, 1.165) is 34.1 Å². The summed E-state index contributed by atoms with van der Waals surface area (Å²) in [6, 6.07) is 7.44. The average Bonchev–Trinajstić information content (AvgIpc) is 3.06. The predicted octanol–water partition coefficient (Wildman–Crippen LogP) is 4.91. The first kappa shape index (κ1) is 17.8. The molecule has 5 nitrogen and oxygen atoms in total. The number of H-pyrrole nitrogens is 1. The number of hydrogen-bond donors (Lipinski definition) is 1. The van der Waals surface area contributed by atoms with Gasteiger partial charge in [-0.1, -0.05) is 30.8 Å². The fourth-order valence-corrected chi connectivity index (χ4v) is 6.27. The predicted molar refractivity (Wildman–Crippen MR) is 115 cm³/mol. The fourth-order valence-electron chi connectivity index (χ4n) is 3.86. The summed E-state index contributed by atoms with van der Waals surface area (Å²) in [6.07, 6.45) is 5.10. The van der Waals surface area contributed by atoms with Gasteiger partial charge in [-0.25, -0.2) is 15.0 Å². The molecular weight excluding hydrogens is 388 g/mol. The number of rotatable bonds is 3. The van der Waals surface area contributed by atoms with Gasteiger partial charge in [0.15, 0.2) is 0 Å². The van der Waals surface area contributed by atoms with Crippen molar-refractivity contribution in [2.75, 3.05) is 0 Å². The van der Waals surface area contributed by atoms with Crippen LogP contribution >= 0.6 is 23.1 Å². The van der Waals surface area contributed by atoms with Crippen LogP contribution in [-0.4, -0.2) is 19.9 Å². The molecule has 0 amide bonds. The van der Waals surface area contributed by atoms with Gasteiger partial charge < -0.3 is 4.98 Å². The third kappa shape index (κ3) is 3.02. The van der Waals surface area contributed by atoms with E-state index in [1.807, 2.05) is 18.2 Å². The zero-order valence-corrected chi connectivity index (χ0v) is 17.4. The molecule has 1 N–H and O–H groups in total. The molecule has 0 saturated carbocycles. The Kier molecular flexibility index (Phi) is 4.44. The molecule has 7 heteroatoms. The monoisotopic (exact) mass is 408 g/mol. The van der Waals surface area contributed by atoms with Gasteiger partial charge in [0.1, 0.15) is 22.0 Å². The number of aryl methyl sites for hydroxylation is 1. The number of hydrogen-bond acceptors (Lipinski definition) is 6. The number of fused-ring (bicyclic) bond motifs is 4. The molecule has 1 aromatic carbocycles. The topological polar surface area (TPSA) is 71.5 Å². The summed E-state index contributed by atoms with van der Waals surface area (Å²) in [5.74, 6) is 1.41. The van der Waals surface area contributed by atoms with Crippen LogP contribution in [0, 0.1) is 5.92 Å². The Morgan fingerprint density at radius 2 is 2.14 bits per heavy atom. The van der Waals surface area contributed by atoms with Crippen LogP contribution in [0.3, 0.4) is 0 Å². The van der Waals surface area contributed by atoms with Gasteiger partial charge in [-0.2, -0.15) is 0 Å². The lowest BCUT2D eigenvalue weighted by atomic mass is 9.89. The van der Waals surface area contributed by atoms with Crippen molar-refractivity contribution in [1.82, 2.24) is 19.9 Å². The highest BCUT2D eigenvalue weighted by molar-refractivity contribution is 7.99. The van der Waals surface area contributed by atoms with Crippen LogP contribution in [0.5, 0.6) is 0 Å². The summed E-state index contributed by atoms with van der Waals surface area (Å²) in [5, 5.41) is 2.79. The zero-order valence-electron chi connectivity index (χ0n) is 15.7. The molecular formula is C21H20N4OS2. The summed E-state index contributed by atoms with van der Waals surface area (Å²) in [6.45, 7) is 4.38. The first-order chi connectivity index (χ1) is 13.6. The van der Waals surface area contributed by atoms with Gasteiger partial charge in [0.25, 0.3) is 5.56 Å². The SMILES string of the molecule is C[C@@H]1CCc2c(sc3ncnc(S[C@@H](C)c4nc5ccccc5c(=O)[nH]4)c23)C1. The van der Waals surface area contributed by atoms with Crippen molar-refractivity contribution in [1.29, 1.82) is 0 Å². The smallest absolute Gasteiger partial charge is 0.258 e. The molecule has 3 heterocycles. The maximum Gasteiger partial charge on any atom is 0.258 e. The second-order valence-corrected chi connectivity index (χ2v) is 9.85. The zero-order chi connectivity index (χ0) is 19.3. The molecule has 142 valence electrons. The molecule has 0 aliphatic heterocycles. The lowest BCUT2D eigenvalue weighted by Gasteiger charge is -2.18. The number of thioether (sulfide) groups is 1. The van der Waals surface area contributed by atoms with Gasteiger partial charge in [-0.15, -0.1) is 11.3 Å². The van der Waals surface area contributed by atoms with E-state index in [1.165, 1.54) is 22.2 Å². The number of nitrogens with one attached hydrogen (secondary N) is 1. The second kappa shape index (κ2) is 6.97. The van der Waals surface area contributed by atoms with Crippen molar-refractivity contribution in [2.24, 2.45) is 5.92 Å². The molecule has 28 heavy (non-hydrogen) atoms. The van der Waals surface area contributed by atoms with Crippen molar-refractivity contribution in [2.45, 2.75) is 43.4 Å². The van der Waals surface area contributed by atoms with E-state index in [1.54, 1.807) is 35.5 Å². The first-order valence-corrected chi connectivity index (χ1v) is 11.2. The highest BCUT2D eigenvalue weighted by atomic mass is 32.2. The molecule has 0 fully saturated rings. The molecule has 4 aromatic rings. The molecule has 0 spiro atoms. The van der Waals surface area contributed by atoms with Gasteiger partial charge in [-0.05, 0) is 49.8 Å². The van der Waals surface area contributed by atoms with Crippen molar-refractivity contribution in [3.63, 3.8) is 0 Å². The Bertz CT molecular complexity index is 1250. The van der Waals surface area contributed by atoms with Crippen molar-refractivity contribution in [3.8, 4) is 0 Å². The quantitative estimate of drug-likeness (QED) is 0.385. The fraction of sp³-hybridized carbons (Fsp3) is 0.333. The molecule has 3 aromatic heterocycles. The Hall–Kier alpha value is -2.25. The van der Waals surface area contributed by atoms with Crippen LogP contribution in [-0.2, 0) is 12.8 Å². The number of benzene rings is 1. The Morgan fingerprint density at radius 3 is 3.04 bits per heavy atom. The first-order valence-electron chi connectivity index (χ1n) is 9.51. The van der Waals surface area contributed by atoms with E-state index in [9.17, 15) is 4.79 Å². The van der Waals surface area contributed by atoms with E-state index < -0.39 is 0 Å². The molecule has 1 aliphatic carbocycles. The second-order valence-electron chi connectivity index (χ2n) is 7.44. The van der Waals surface area contributed by atoms with Crippen LogP contribution in [0.15, 0.2) is 40.4 Å². The molecule has 0 radical (unpaired) electrons. The summed E-state index contributed by atoms with van der Waals surface area (Å²) in [4.78, 5) is 31.7. The van der Waals surface area contributed by atoms with E-state index in [4.69, 9.17) is 0 Å². The van der Waals surface area contributed by atoms with E-state index in [0.29, 0.717) is 11.2 Å². The maximum absolute atomic E-state index is 12.4. The van der Waals surface area contributed by atoms with Gasteiger partial charge in [0, 0.05) is 10.3 Å². The minimum absolute atomic E-state index is 0.0199. The maximum atomic E-state index is 12.4. The number of para-hydroxylation sites is 1. The normalized spacial score (nSPS) is 17.7. The average molecular weight is 409 g/mol. The van der Waals surface area contributed by atoms with Gasteiger partial charge >= 0.3 is 0 Å². The van der Waals surface area contributed by atoms with Gasteiger partial charge in [0.05, 0.1) is 16.2 Å². The van der Waals surface area contributed by atoms with E-state index >= 15 is 0 Å². The van der Waals surface area contributed by atoms with E-state index in [2.05, 4.69) is 33.8 Å². The molecule has 1 aliphatic rings. The number of aromatic amines is 1. The highest BCUT2D eigenvalue weighted by Crippen LogP contribution is 2.43. The Balaban J connectivity index is 1.54. The lowest BCUT2D eigenvalue weighted by Crippen LogP contribution is -2.13. The van der Waals surface area contributed by atoms with Crippen LogP contribution < -0.4 is 5.56 Å². The molecule has 2 atom stereocenters. The minimum atomic E-state index is -0.0946. The molecule has 0 saturated heterocycles. The number of thiophene rings is 1. The van der Waals surface area contributed by atoms with Crippen LogP contribution in [0.25, 0.3) is 21.1 Å². The van der Waals surface area contributed by atoms with E-state index in [-0.39, 0.29) is 10.8 Å². The lowest BCUT2D eigenvalue weighted by molar-refractivity contribution is 0.509. The number of nitrogens with zero attached hydrogens (tertiary/aromatic N) is 3. The third-order valence-electron chi connectivity index (χ3n) is 5.36. The number of aromatic nitrogens is 4. The van der Waals surface area contributed by atoms with Crippen molar-refractivity contribution in [3.05, 3.63) is 57.2 Å². The summed E-state index contributed by atoms with van der Waals surface area (Å²) in [5.41, 5.74) is 2.06.